The average Bonchev–Trinajstić information content (AvgIpc) is 2.52. The summed E-state index contributed by atoms with van der Waals surface area (Å²) in [6.07, 6.45) is 0. The molecule has 0 amide bonds. The molecule has 0 heterocycles. The predicted molar refractivity (Wildman–Crippen MR) is 86.3 cm³/mol. The van der Waals surface area contributed by atoms with Crippen molar-refractivity contribution in [1.29, 1.82) is 0 Å². The van der Waals surface area contributed by atoms with E-state index < -0.39 is 11.9 Å². The molecular formula is C16H15NO4S. The molecule has 6 heteroatoms. The number of anilines is 1. The fraction of sp³-hybridized carbons (Fsp3) is 0.125. The van der Waals surface area contributed by atoms with E-state index in [0.29, 0.717) is 5.69 Å². The van der Waals surface area contributed by atoms with Gasteiger partial charge in [0.15, 0.2) is 0 Å². The largest absolute Gasteiger partial charge is 0.481 e. The lowest BCUT2D eigenvalue weighted by Gasteiger charge is -2.20. The molecule has 0 saturated heterocycles. The fourth-order valence-electron chi connectivity index (χ4n) is 1.94. The Morgan fingerprint density at radius 2 is 1.64 bits per heavy atom. The van der Waals surface area contributed by atoms with Gasteiger partial charge in [-0.2, -0.15) is 0 Å². The molecule has 1 atom stereocenters. The number of aliphatic carboxylic acids is 1. The summed E-state index contributed by atoms with van der Waals surface area (Å²) in [6, 6.07) is 15.9. The van der Waals surface area contributed by atoms with E-state index >= 15 is 0 Å². The van der Waals surface area contributed by atoms with Crippen molar-refractivity contribution in [2.45, 2.75) is 5.37 Å². The number of thioether (sulfide) groups is 1. The van der Waals surface area contributed by atoms with Crippen LogP contribution in [0, 0.1) is 0 Å². The average molecular weight is 317 g/mol. The van der Waals surface area contributed by atoms with Gasteiger partial charge in [-0.1, -0.05) is 42.5 Å². The van der Waals surface area contributed by atoms with E-state index in [9.17, 15) is 14.7 Å². The molecular weight excluding hydrogens is 302 g/mol. The number of hydrogen-bond donors (Lipinski definition) is 3. The van der Waals surface area contributed by atoms with Crippen molar-refractivity contribution in [3.05, 3.63) is 65.7 Å². The predicted octanol–water partition coefficient (Wildman–Crippen LogP) is 3.31. The highest BCUT2D eigenvalue weighted by atomic mass is 32.2. The lowest BCUT2D eigenvalue weighted by atomic mass is 10.1. The second-order valence-electron chi connectivity index (χ2n) is 4.49. The van der Waals surface area contributed by atoms with Crippen molar-refractivity contribution >= 4 is 29.4 Å². The second-order valence-corrected chi connectivity index (χ2v) is 5.58. The number of rotatable bonds is 7. The van der Waals surface area contributed by atoms with Gasteiger partial charge in [-0.05, 0) is 17.7 Å². The molecule has 2 aromatic rings. The number of nitrogens with one attached hydrogen (secondary N) is 1. The molecule has 3 N–H and O–H groups in total. The summed E-state index contributed by atoms with van der Waals surface area (Å²) in [5, 5.41) is 20.9. The van der Waals surface area contributed by atoms with Gasteiger partial charge in [0.1, 0.15) is 0 Å². The SMILES string of the molecule is O=C(O)CS[C@@H](Nc1ccccc1C(=O)O)c1ccccc1. The summed E-state index contributed by atoms with van der Waals surface area (Å²) in [6.45, 7) is 0. The van der Waals surface area contributed by atoms with E-state index in [1.165, 1.54) is 17.8 Å². The Bertz CT molecular complexity index is 660. The topological polar surface area (TPSA) is 86.6 Å². The molecule has 0 aliphatic carbocycles. The van der Waals surface area contributed by atoms with Crippen LogP contribution in [0.4, 0.5) is 5.69 Å². The van der Waals surface area contributed by atoms with Crippen LogP contribution in [0.25, 0.3) is 0 Å². The molecule has 2 rings (SSSR count). The molecule has 0 aliphatic heterocycles. The molecule has 0 bridgehead atoms. The van der Waals surface area contributed by atoms with Gasteiger partial charge in [-0.25, -0.2) is 4.79 Å². The number of aromatic carboxylic acids is 1. The van der Waals surface area contributed by atoms with Crippen LogP contribution in [0.5, 0.6) is 0 Å². The maximum Gasteiger partial charge on any atom is 0.337 e. The van der Waals surface area contributed by atoms with Crippen molar-refractivity contribution in [3.8, 4) is 0 Å². The first-order chi connectivity index (χ1) is 10.6. The molecule has 114 valence electrons. The third kappa shape index (κ3) is 4.26. The van der Waals surface area contributed by atoms with E-state index in [4.69, 9.17) is 5.11 Å². The van der Waals surface area contributed by atoms with E-state index in [0.717, 1.165) is 5.56 Å². The Kier molecular flexibility index (Phi) is 5.43. The zero-order valence-electron chi connectivity index (χ0n) is 11.6. The van der Waals surface area contributed by atoms with Crippen molar-refractivity contribution < 1.29 is 19.8 Å². The summed E-state index contributed by atoms with van der Waals surface area (Å²) in [5.41, 5.74) is 1.50. The normalized spacial score (nSPS) is 11.6. The number of carbonyl (C=O) groups is 2. The van der Waals surface area contributed by atoms with Gasteiger partial charge in [0.25, 0.3) is 0 Å². The van der Waals surface area contributed by atoms with Gasteiger partial charge in [-0.3, -0.25) is 4.79 Å². The van der Waals surface area contributed by atoms with Gasteiger partial charge >= 0.3 is 11.9 Å². The zero-order chi connectivity index (χ0) is 15.9. The Labute approximate surface area is 132 Å². The Balaban J connectivity index is 2.27. The molecule has 0 spiro atoms. The van der Waals surface area contributed by atoms with Gasteiger partial charge in [-0.15, -0.1) is 11.8 Å². The number of hydrogen-bond acceptors (Lipinski definition) is 4. The molecule has 0 saturated carbocycles. The van der Waals surface area contributed by atoms with Crippen LogP contribution in [-0.4, -0.2) is 27.9 Å². The van der Waals surface area contributed by atoms with Crippen LogP contribution in [0.3, 0.4) is 0 Å². The lowest BCUT2D eigenvalue weighted by molar-refractivity contribution is -0.133. The Morgan fingerprint density at radius 1 is 1.00 bits per heavy atom. The zero-order valence-corrected chi connectivity index (χ0v) is 12.4. The molecule has 2 aromatic carbocycles. The molecule has 0 unspecified atom stereocenters. The maximum absolute atomic E-state index is 11.3. The highest BCUT2D eigenvalue weighted by Gasteiger charge is 2.17. The van der Waals surface area contributed by atoms with E-state index in [2.05, 4.69) is 5.32 Å². The van der Waals surface area contributed by atoms with Crippen molar-refractivity contribution in [2.75, 3.05) is 11.1 Å². The number of benzene rings is 2. The molecule has 0 radical (unpaired) electrons. The Hall–Kier alpha value is -2.47. The molecule has 22 heavy (non-hydrogen) atoms. The van der Waals surface area contributed by atoms with Gasteiger partial charge in [0, 0.05) is 5.69 Å². The van der Waals surface area contributed by atoms with Crippen molar-refractivity contribution in [1.82, 2.24) is 0 Å². The third-order valence-electron chi connectivity index (χ3n) is 2.92. The number of carboxylic acid groups (broad SMARTS) is 2. The lowest BCUT2D eigenvalue weighted by Crippen LogP contribution is -2.13. The second kappa shape index (κ2) is 7.51. The maximum atomic E-state index is 11.3. The van der Waals surface area contributed by atoms with Crippen LogP contribution in [0.1, 0.15) is 21.3 Å². The first-order valence-corrected chi connectivity index (χ1v) is 7.60. The van der Waals surface area contributed by atoms with Crippen LogP contribution in [0.15, 0.2) is 54.6 Å². The van der Waals surface area contributed by atoms with Crippen LogP contribution >= 0.6 is 11.8 Å². The first-order valence-electron chi connectivity index (χ1n) is 6.55. The molecule has 5 nitrogen and oxygen atoms in total. The number of carboxylic acids is 2. The highest BCUT2D eigenvalue weighted by Crippen LogP contribution is 2.31. The quantitative estimate of drug-likeness (QED) is 0.679. The molecule has 0 fully saturated rings. The van der Waals surface area contributed by atoms with E-state index in [1.54, 1.807) is 18.2 Å². The summed E-state index contributed by atoms with van der Waals surface area (Å²) >= 11 is 1.19. The van der Waals surface area contributed by atoms with Gasteiger partial charge in [0.05, 0.1) is 16.7 Å². The van der Waals surface area contributed by atoms with Crippen LogP contribution < -0.4 is 5.32 Å². The third-order valence-corrected chi connectivity index (χ3v) is 4.06. The standard InChI is InChI=1S/C16H15NO4S/c18-14(19)10-22-15(11-6-2-1-3-7-11)17-13-9-5-4-8-12(13)16(20)21/h1-9,15,17H,10H2,(H,18,19)(H,20,21)/t15-/m1/s1. The molecule has 0 aromatic heterocycles. The summed E-state index contributed by atoms with van der Waals surface area (Å²) in [5.74, 6) is -2.03. The van der Waals surface area contributed by atoms with Gasteiger partial charge < -0.3 is 15.5 Å². The van der Waals surface area contributed by atoms with Crippen LogP contribution in [0.2, 0.25) is 0 Å². The van der Waals surface area contributed by atoms with Gasteiger partial charge in [0.2, 0.25) is 0 Å². The monoisotopic (exact) mass is 317 g/mol. The van der Waals surface area contributed by atoms with E-state index in [-0.39, 0.29) is 16.7 Å². The highest BCUT2D eigenvalue weighted by molar-refractivity contribution is 8.00. The fourth-order valence-corrected chi connectivity index (χ4v) is 2.81. The summed E-state index contributed by atoms with van der Waals surface area (Å²) < 4.78 is 0. The first kappa shape index (κ1) is 15.9. The summed E-state index contributed by atoms with van der Waals surface area (Å²) in [4.78, 5) is 22.1. The minimum atomic E-state index is -1.03. The van der Waals surface area contributed by atoms with Crippen molar-refractivity contribution in [2.24, 2.45) is 0 Å². The van der Waals surface area contributed by atoms with Crippen molar-refractivity contribution in [3.63, 3.8) is 0 Å². The smallest absolute Gasteiger partial charge is 0.337 e. The number of para-hydroxylation sites is 1. The summed E-state index contributed by atoms with van der Waals surface area (Å²) in [7, 11) is 0. The minimum Gasteiger partial charge on any atom is -0.481 e. The Morgan fingerprint density at radius 3 is 2.27 bits per heavy atom. The molecule has 0 aliphatic rings. The van der Waals surface area contributed by atoms with E-state index in [1.807, 2.05) is 30.3 Å². The minimum absolute atomic E-state index is 0.0815. The van der Waals surface area contributed by atoms with Crippen LogP contribution in [-0.2, 0) is 4.79 Å².